The van der Waals surface area contributed by atoms with Crippen LogP contribution in [-0.4, -0.2) is 25.0 Å². The molecule has 0 amide bonds. The number of ether oxygens (including phenoxy) is 2. The van der Waals surface area contributed by atoms with Crippen LogP contribution in [0.1, 0.15) is 33.3 Å². The van der Waals surface area contributed by atoms with Gasteiger partial charge < -0.3 is 9.47 Å². The molecule has 0 radical (unpaired) electrons. The van der Waals surface area contributed by atoms with Crippen molar-refractivity contribution in [2.45, 2.75) is 18.8 Å². The number of methoxy groups -OCH3 is 2. The van der Waals surface area contributed by atoms with Crippen molar-refractivity contribution in [3.63, 3.8) is 0 Å². The van der Waals surface area contributed by atoms with Gasteiger partial charge >= 0.3 is 0 Å². The molecule has 4 nitrogen and oxygen atoms in total. The molecule has 0 fully saturated rings. The number of halogens is 1. The van der Waals surface area contributed by atoms with Crippen molar-refractivity contribution in [2.24, 2.45) is 0 Å². The Morgan fingerprint density at radius 2 is 2.00 bits per heavy atom. The van der Waals surface area contributed by atoms with Gasteiger partial charge in [-0.25, -0.2) is 4.98 Å². The van der Waals surface area contributed by atoms with E-state index in [1.165, 1.54) is 11.3 Å². The maximum Gasteiger partial charge on any atom is 0.175 e. The first-order valence-electron chi connectivity index (χ1n) is 6.52. The maximum atomic E-state index is 12.3. The van der Waals surface area contributed by atoms with Crippen LogP contribution in [-0.2, 0) is 6.42 Å². The van der Waals surface area contributed by atoms with Gasteiger partial charge in [-0.3, -0.25) is 4.79 Å². The minimum Gasteiger partial charge on any atom is -0.493 e. The summed E-state index contributed by atoms with van der Waals surface area (Å²) in [6.45, 7) is 0. The number of carbonyl (C=O) groups excluding carboxylic acids is 1. The van der Waals surface area contributed by atoms with Crippen molar-refractivity contribution in [3.8, 4) is 11.5 Å². The average molecular weight is 368 g/mol. The molecule has 1 atom stereocenters. The number of nitrogens with zero attached hydrogens (tertiary/aromatic N) is 1. The highest BCUT2D eigenvalue weighted by atomic mass is 79.9. The lowest BCUT2D eigenvalue weighted by Crippen LogP contribution is -2.17. The lowest BCUT2D eigenvalue weighted by molar-refractivity contribution is 0.0968. The third kappa shape index (κ3) is 2.70. The highest BCUT2D eigenvalue weighted by Crippen LogP contribution is 2.39. The molecule has 21 heavy (non-hydrogen) atoms. The van der Waals surface area contributed by atoms with E-state index in [-0.39, 0.29) is 11.7 Å². The minimum absolute atomic E-state index is 0.138. The van der Waals surface area contributed by atoms with E-state index < -0.39 is 0 Å². The van der Waals surface area contributed by atoms with E-state index in [2.05, 4.69) is 20.9 Å². The van der Waals surface area contributed by atoms with Gasteiger partial charge in [-0.2, -0.15) is 0 Å². The zero-order valence-electron chi connectivity index (χ0n) is 11.7. The standard InChI is InChI=1S/C15H14BrNO3S/c1-19-12-4-3-8(7-13(12)20-2)9-5-10-14(11(18)6-9)21-15(16)17-10/h3-4,7,9H,5-6H2,1-2H3. The number of fused-ring (bicyclic) bond motifs is 1. The molecule has 6 heteroatoms. The third-order valence-electron chi connectivity index (χ3n) is 3.68. The van der Waals surface area contributed by atoms with Crippen molar-refractivity contribution >= 4 is 33.0 Å². The maximum absolute atomic E-state index is 12.3. The Balaban J connectivity index is 1.94. The predicted molar refractivity (Wildman–Crippen MR) is 84.8 cm³/mol. The molecular weight excluding hydrogens is 354 g/mol. The summed E-state index contributed by atoms with van der Waals surface area (Å²) in [7, 11) is 3.23. The van der Waals surface area contributed by atoms with Crippen LogP contribution in [0.2, 0.25) is 0 Å². The molecule has 0 N–H and O–H groups in total. The van der Waals surface area contributed by atoms with Gasteiger partial charge in [0.15, 0.2) is 21.2 Å². The monoisotopic (exact) mass is 367 g/mol. The van der Waals surface area contributed by atoms with Crippen LogP contribution in [0.15, 0.2) is 22.1 Å². The van der Waals surface area contributed by atoms with Crippen LogP contribution < -0.4 is 9.47 Å². The lowest BCUT2D eigenvalue weighted by Gasteiger charge is -2.21. The van der Waals surface area contributed by atoms with Gasteiger partial charge in [0.1, 0.15) is 0 Å². The van der Waals surface area contributed by atoms with Crippen LogP contribution >= 0.6 is 27.3 Å². The smallest absolute Gasteiger partial charge is 0.175 e. The number of rotatable bonds is 3. The highest BCUT2D eigenvalue weighted by Gasteiger charge is 2.29. The van der Waals surface area contributed by atoms with Gasteiger partial charge in [0.05, 0.1) is 24.8 Å². The van der Waals surface area contributed by atoms with E-state index in [0.29, 0.717) is 17.9 Å². The summed E-state index contributed by atoms with van der Waals surface area (Å²) in [5.74, 6) is 1.69. The number of aromatic nitrogens is 1. The summed E-state index contributed by atoms with van der Waals surface area (Å²) >= 11 is 4.78. The zero-order chi connectivity index (χ0) is 15.0. The fourth-order valence-electron chi connectivity index (χ4n) is 2.64. The molecule has 0 bridgehead atoms. The zero-order valence-corrected chi connectivity index (χ0v) is 14.1. The average Bonchev–Trinajstić information content (AvgIpc) is 2.87. The number of hydrogen-bond acceptors (Lipinski definition) is 5. The van der Waals surface area contributed by atoms with Crippen LogP contribution in [0.5, 0.6) is 11.5 Å². The van der Waals surface area contributed by atoms with Crippen LogP contribution in [0, 0.1) is 0 Å². The third-order valence-corrected chi connectivity index (χ3v) is 5.27. The molecule has 0 aliphatic heterocycles. The Hall–Kier alpha value is -1.40. The number of thiazole rings is 1. The molecule has 1 aromatic carbocycles. The first kappa shape index (κ1) is 14.5. The molecule has 1 heterocycles. The lowest BCUT2D eigenvalue weighted by atomic mass is 9.84. The van der Waals surface area contributed by atoms with Crippen LogP contribution in [0.4, 0.5) is 0 Å². The first-order valence-corrected chi connectivity index (χ1v) is 8.13. The summed E-state index contributed by atoms with van der Waals surface area (Å²) in [5.41, 5.74) is 1.97. The molecular formula is C15H14BrNO3S. The molecule has 0 saturated heterocycles. The highest BCUT2D eigenvalue weighted by molar-refractivity contribution is 9.11. The summed E-state index contributed by atoms with van der Waals surface area (Å²) in [5, 5.41) is 0. The van der Waals surface area contributed by atoms with E-state index in [1.54, 1.807) is 14.2 Å². The molecule has 1 aliphatic carbocycles. The number of benzene rings is 1. The quantitative estimate of drug-likeness (QED) is 0.826. The predicted octanol–water partition coefficient (Wildman–Crippen LogP) is 3.84. The van der Waals surface area contributed by atoms with Crippen molar-refractivity contribution in [1.29, 1.82) is 0 Å². The van der Waals surface area contributed by atoms with Crippen molar-refractivity contribution in [1.82, 2.24) is 4.98 Å². The molecule has 3 rings (SSSR count). The molecule has 1 aliphatic rings. The molecule has 0 spiro atoms. The number of hydrogen-bond donors (Lipinski definition) is 0. The van der Waals surface area contributed by atoms with E-state index in [4.69, 9.17) is 9.47 Å². The SMILES string of the molecule is COc1ccc(C2CC(=O)c3sc(Br)nc3C2)cc1OC. The topological polar surface area (TPSA) is 48.4 Å². The van der Waals surface area contributed by atoms with Crippen molar-refractivity contribution in [3.05, 3.63) is 38.3 Å². The summed E-state index contributed by atoms with van der Waals surface area (Å²) in [6.07, 6.45) is 1.29. The Bertz CT molecular complexity index is 698. The van der Waals surface area contributed by atoms with Crippen molar-refractivity contribution < 1.29 is 14.3 Å². The second-order valence-corrected chi connectivity index (χ2v) is 7.16. The molecule has 2 aromatic rings. The van der Waals surface area contributed by atoms with Gasteiger partial charge in [-0.1, -0.05) is 6.07 Å². The normalized spacial score (nSPS) is 17.5. The largest absolute Gasteiger partial charge is 0.493 e. The van der Waals surface area contributed by atoms with E-state index in [9.17, 15) is 4.79 Å². The summed E-state index contributed by atoms with van der Waals surface area (Å²) < 4.78 is 11.4. The van der Waals surface area contributed by atoms with E-state index in [1.807, 2.05) is 18.2 Å². The van der Waals surface area contributed by atoms with Gasteiger partial charge in [0.25, 0.3) is 0 Å². The van der Waals surface area contributed by atoms with Crippen LogP contribution in [0.25, 0.3) is 0 Å². The fraction of sp³-hybridized carbons (Fsp3) is 0.333. The summed E-state index contributed by atoms with van der Waals surface area (Å²) in [6, 6.07) is 5.82. The second kappa shape index (κ2) is 5.77. The molecule has 0 saturated carbocycles. The Morgan fingerprint density at radius 1 is 1.24 bits per heavy atom. The first-order chi connectivity index (χ1) is 10.1. The Morgan fingerprint density at radius 3 is 2.71 bits per heavy atom. The van der Waals surface area contributed by atoms with Crippen molar-refractivity contribution in [2.75, 3.05) is 14.2 Å². The van der Waals surface area contributed by atoms with Gasteiger partial charge in [0, 0.05) is 6.42 Å². The van der Waals surface area contributed by atoms with Crippen LogP contribution in [0.3, 0.4) is 0 Å². The Labute approximate surface area is 135 Å². The van der Waals surface area contributed by atoms with Gasteiger partial charge in [0.2, 0.25) is 0 Å². The van der Waals surface area contributed by atoms with E-state index >= 15 is 0 Å². The Kier molecular flexibility index (Phi) is 3.99. The molecule has 1 aromatic heterocycles. The fourth-order valence-corrected chi connectivity index (χ4v) is 4.11. The number of carbonyl (C=O) groups is 1. The minimum atomic E-state index is 0.138. The number of ketones is 1. The molecule has 110 valence electrons. The van der Waals surface area contributed by atoms with Gasteiger partial charge in [-0.05, 0) is 46.0 Å². The second-order valence-electron chi connectivity index (χ2n) is 4.89. The summed E-state index contributed by atoms with van der Waals surface area (Å²) in [4.78, 5) is 17.5. The van der Waals surface area contributed by atoms with Gasteiger partial charge in [-0.15, -0.1) is 11.3 Å². The number of Topliss-reactive ketones (excluding diaryl/α,β-unsaturated/α-hetero) is 1. The molecule has 1 unspecified atom stereocenters. The van der Waals surface area contributed by atoms with E-state index in [0.717, 1.165) is 26.5 Å².